The van der Waals surface area contributed by atoms with E-state index in [1.807, 2.05) is 42.5 Å². The third-order valence-corrected chi connectivity index (χ3v) is 14.8. The molecular formula is C43H49N5O7S. The first-order valence-corrected chi connectivity index (χ1v) is 21.2. The maximum atomic E-state index is 15.3. The molecule has 1 aromatic heterocycles. The highest BCUT2D eigenvalue weighted by Gasteiger charge is 2.75. The van der Waals surface area contributed by atoms with Crippen molar-refractivity contribution in [2.75, 3.05) is 34.3 Å². The van der Waals surface area contributed by atoms with E-state index in [0.717, 1.165) is 75.4 Å². The van der Waals surface area contributed by atoms with E-state index >= 15 is 4.79 Å². The fraction of sp³-hybridized carbons (Fsp3) is 0.465. The number of aromatic nitrogens is 1. The zero-order valence-electron chi connectivity index (χ0n) is 32.4. The molecule has 1 N–H and O–H groups in total. The number of piperazine rings is 1. The predicted octanol–water partition coefficient (Wildman–Crippen LogP) is 6.40. The lowest BCUT2D eigenvalue weighted by Gasteiger charge is -2.27. The van der Waals surface area contributed by atoms with Gasteiger partial charge in [-0.2, -0.15) is 12.7 Å². The van der Waals surface area contributed by atoms with Crippen LogP contribution < -0.4 is 9.46 Å². The molecule has 2 aliphatic carbocycles. The minimum atomic E-state index is -4.02. The van der Waals surface area contributed by atoms with Gasteiger partial charge < -0.3 is 23.8 Å². The molecule has 3 aliphatic heterocycles. The van der Waals surface area contributed by atoms with Gasteiger partial charge in [-0.05, 0) is 78.6 Å². The second kappa shape index (κ2) is 13.4. The van der Waals surface area contributed by atoms with Crippen molar-refractivity contribution in [1.29, 1.82) is 0 Å². The van der Waals surface area contributed by atoms with E-state index in [-0.39, 0.29) is 36.1 Å². The molecule has 2 saturated heterocycles. The van der Waals surface area contributed by atoms with Crippen molar-refractivity contribution < 1.29 is 32.3 Å². The lowest BCUT2D eigenvalue weighted by atomic mass is 9.81. The van der Waals surface area contributed by atoms with E-state index in [1.54, 1.807) is 24.1 Å². The molecule has 3 amide bonds. The normalized spacial score (nSPS) is 25.2. The molecule has 9 rings (SSSR count). The molecular weight excluding hydrogens is 731 g/mol. The number of nitrogens with one attached hydrogen (secondary N) is 1. The summed E-state index contributed by atoms with van der Waals surface area (Å²) in [6, 6.07) is 21.2. The molecule has 4 fully saturated rings. The lowest BCUT2D eigenvalue weighted by Crippen LogP contribution is -2.42. The number of methoxy groups -OCH3 is 1. The average molecular weight is 780 g/mol. The monoisotopic (exact) mass is 779 g/mol. The summed E-state index contributed by atoms with van der Waals surface area (Å²) in [6.07, 6.45) is 6.57. The van der Waals surface area contributed by atoms with Crippen LogP contribution in [-0.2, 0) is 32.9 Å². The first kappa shape index (κ1) is 36.7. The van der Waals surface area contributed by atoms with Gasteiger partial charge in [-0.25, -0.2) is 9.52 Å². The van der Waals surface area contributed by atoms with Crippen molar-refractivity contribution in [2.24, 2.45) is 5.41 Å². The van der Waals surface area contributed by atoms with Gasteiger partial charge in [0.25, 0.3) is 5.91 Å². The Labute approximate surface area is 327 Å². The predicted molar refractivity (Wildman–Crippen MR) is 211 cm³/mol. The number of carbonyl (C=O) groups is 3. The zero-order chi connectivity index (χ0) is 39.1. The molecule has 4 aromatic rings. The van der Waals surface area contributed by atoms with E-state index < -0.39 is 27.1 Å². The van der Waals surface area contributed by atoms with Crippen LogP contribution in [0.4, 0.5) is 4.79 Å². The Balaban J connectivity index is 1.10. The number of nitrogens with zero attached hydrogens (tertiary/aromatic N) is 4. The minimum Gasteiger partial charge on any atom is -0.497 e. The van der Waals surface area contributed by atoms with Crippen molar-refractivity contribution in [3.8, 4) is 17.0 Å². The number of carbonyl (C=O) groups excluding carboxylic acids is 3. The third kappa shape index (κ3) is 5.71. The van der Waals surface area contributed by atoms with Gasteiger partial charge in [0.1, 0.15) is 12.4 Å². The summed E-state index contributed by atoms with van der Waals surface area (Å²) in [6.45, 7) is 3.55. The van der Waals surface area contributed by atoms with Crippen LogP contribution in [0.15, 0.2) is 66.7 Å². The number of ether oxygens (including phenoxy) is 2. The molecule has 13 heteroatoms. The van der Waals surface area contributed by atoms with Gasteiger partial charge in [-0.1, -0.05) is 62.6 Å². The smallest absolute Gasteiger partial charge is 0.410 e. The second-order valence-electron chi connectivity index (χ2n) is 16.6. The molecule has 3 aromatic carbocycles. The Morgan fingerprint density at radius 2 is 1.73 bits per heavy atom. The average Bonchev–Trinajstić information content (AvgIpc) is 4.01. The van der Waals surface area contributed by atoms with Crippen LogP contribution in [0.5, 0.6) is 5.75 Å². The number of amides is 3. The Hall–Kier alpha value is -4.88. The SMILES string of the molecule is CCC12CN(C(=O)OCc3ccccc3)C[C@@H]1N2C(=O)C12CC1c1cc(OC)ccc1-c1c(C3CCCCC3)c3ccc(C(=O)NS(=O)(=O)N(C)C)cc3n1C2. The Bertz CT molecular complexity index is 2370. The molecule has 0 spiro atoms. The topological polar surface area (TPSA) is 130 Å². The van der Waals surface area contributed by atoms with E-state index in [9.17, 15) is 18.0 Å². The summed E-state index contributed by atoms with van der Waals surface area (Å²) in [5.74, 6) is 0.376. The van der Waals surface area contributed by atoms with Gasteiger partial charge in [-0.15, -0.1) is 0 Å². The Morgan fingerprint density at radius 1 is 0.964 bits per heavy atom. The molecule has 2 saturated carbocycles. The largest absolute Gasteiger partial charge is 0.497 e. The summed E-state index contributed by atoms with van der Waals surface area (Å²) >= 11 is 0. The first-order valence-electron chi connectivity index (χ1n) is 19.8. The van der Waals surface area contributed by atoms with Gasteiger partial charge >= 0.3 is 16.3 Å². The quantitative estimate of drug-likeness (QED) is 0.195. The number of rotatable bonds is 9. The van der Waals surface area contributed by atoms with Gasteiger partial charge in [-0.3, -0.25) is 9.59 Å². The van der Waals surface area contributed by atoms with Crippen molar-refractivity contribution in [2.45, 2.75) is 88.4 Å². The molecule has 4 atom stereocenters. The summed E-state index contributed by atoms with van der Waals surface area (Å²) < 4.78 is 42.2. The van der Waals surface area contributed by atoms with Crippen LogP contribution in [0.3, 0.4) is 0 Å². The van der Waals surface area contributed by atoms with Crippen molar-refractivity contribution in [1.82, 2.24) is 23.4 Å². The van der Waals surface area contributed by atoms with Crippen LogP contribution in [0, 0.1) is 5.41 Å². The molecule has 0 radical (unpaired) electrons. The summed E-state index contributed by atoms with van der Waals surface area (Å²) in [4.78, 5) is 45.8. The minimum absolute atomic E-state index is 0.0480. The number of hydrogen-bond acceptors (Lipinski definition) is 7. The van der Waals surface area contributed by atoms with Crippen molar-refractivity contribution in [3.63, 3.8) is 0 Å². The molecule has 56 heavy (non-hydrogen) atoms. The van der Waals surface area contributed by atoms with Crippen molar-refractivity contribution in [3.05, 3.63) is 89.0 Å². The number of benzene rings is 3. The highest BCUT2D eigenvalue weighted by molar-refractivity contribution is 7.87. The molecule has 0 bridgehead atoms. The number of hydrogen-bond donors (Lipinski definition) is 1. The number of fused-ring (bicyclic) bond motifs is 8. The maximum Gasteiger partial charge on any atom is 0.410 e. The van der Waals surface area contributed by atoms with Gasteiger partial charge in [0, 0.05) is 61.7 Å². The van der Waals surface area contributed by atoms with Crippen molar-refractivity contribution >= 4 is 39.0 Å². The summed E-state index contributed by atoms with van der Waals surface area (Å²) in [5, 5.41) is 1.03. The maximum absolute atomic E-state index is 15.3. The van der Waals surface area contributed by atoms with E-state index in [0.29, 0.717) is 32.0 Å². The van der Waals surface area contributed by atoms with E-state index in [2.05, 4.69) is 33.2 Å². The zero-order valence-corrected chi connectivity index (χ0v) is 33.2. The summed E-state index contributed by atoms with van der Waals surface area (Å²) in [7, 11) is 0.396. The fourth-order valence-corrected chi connectivity index (χ4v) is 10.8. The van der Waals surface area contributed by atoms with E-state index in [1.165, 1.54) is 26.1 Å². The number of likely N-dealkylation sites (tertiary alicyclic amines) is 1. The Morgan fingerprint density at radius 3 is 2.43 bits per heavy atom. The van der Waals surface area contributed by atoms with Crippen LogP contribution >= 0.6 is 0 Å². The highest BCUT2D eigenvalue weighted by Crippen LogP contribution is 2.68. The van der Waals surface area contributed by atoms with Crippen LogP contribution in [0.2, 0.25) is 0 Å². The highest BCUT2D eigenvalue weighted by atomic mass is 32.2. The lowest BCUT2D eigenvalue weighted by molar-refractivity contribution is -0.134. The van der Waals surface area contributed by atoms with Gasteiger partial charge in [0.15, 0.2) is 0 Å². The molecule has 3 unspecified atom stereocenters. The van der Waals surface area contributed by atoms with Gasteiger partial charge in [0.2, 0.25) is 5.91 Å². The standard InChI is InChI=1S/C43H49N5O7S/c1-5-43-26-46(41(51)55-24-27-12-8-6-9-13-27)23-36(43)48(43)40(50)42-22-34(42)33-21-30(54-4)17-19-31(33)38-37(28-14-10-7-11-15-28)32-18-16-29(20-35(32)47(38)25-42)39(49)44-56(52,53)45(2)3/h6,8-9,12-13,16-21,28,34,36H,5,7,10-11,14-15,22-26H2,1-4H3,(H,44,49)/t34?,36-,42?,43?,48?/m0/s1. The second-order valence-corrected chi connectivity index (χ2v) is 18.5. The fourth-order valence-electron chi connectivity index (χ4n) is 10.2. The Kier molecular flexibility index (Phi) is 8.77. The van der Waals surface area contributed by atoms with Gasteiger partial charge in [0.05, 0.1) is 29.8 Å². The molecule has 294 valence electrons. The van der Waals surface area contributed by atoms with Crippen LogP contribution in [0.25, 0.3) is 22.2 Å². The van der Waals surface area contributed by atoms with Crippen LogP contribution in [-0.4, -0.2) is 90.9 Å². The van der Waals surface area contributed by atoms with E-state index in [4.69, 9.17) is 9.47 Å². The van der Waals surface area contributed by atoms with Crippen LogP contribution in [0.1, 0.15) is 90.8 Å². The summed E-state index contributed by atoms with van der Waals surface area (Å²) in [5.41, 5.74) is 5.25. The molecule has 12 nitrogen and oxygen atoms in total. The molecule has 5 aliphatic rings. The molecule has 4 heterocycles. The third-order valence-electron chi connectivity index (χ3n) is 13.4. The first-order chi connectivity index (χ1) is 26.9.